The molecule has 1 heterocycles. The predicted octanol–water partition coefficient (Wildman–Crippen LogP) is 3.12. The summed E-state index contributed by atoms with van der Waals surface area (Å²) in [6, 6.07) is 0. The molecule has 1 atom stereocenters. The molecule has 26 heavy (non-hydrogen) atoms. The lowest BCUT2D eigenvalue weighted by Crippen LogP contribution is -2.45. The molecule has 0 spiro atoms. The van der Waals surface area contributed by atoms with Gasteiger partial charge in [-0.05, 0) is 62.8 Å². The summed E-state index contributed by atoms with van der Waals surface area (Å²) in [5.41, 5.74) is 0.386. The van der Waals surface area contributed by atoms with Crippen LogP contribution in [0.5, 0.6) is 0 Å². The smallest absolute Gasteiger partial charge is 0.191 e. The second-order valence-corrected chi connectivity index (χ2v) is 8.83. The van der Waals surface area contributed by atoms with Crippen LogP contribution in [0.1, 0.15) is 59.3 Å². The third kappa shape index (κ3) is 7.07. The topological polar surface area (TPSA) is 48.9 Å². The van der Waals surface area contributed by atoms with Crippen molar-refractivity contribution in [2.45, 2.75) is 59.3 Å². The summed E-state index contributed by atoms with van der Waals surface area (Å²) in [6.45, 7) is 14.2. The average molecular weight is 367 g/mol. The highest BCUT2D eigenvalue weighted by Gasteiger charge is 2.36. The van der Waals surface area contributed by atoms with Gasteiger partial charge in [-0.25, -0.2) is 0 Å². The molecule has 2 N–H and O–H groups in total. The molecular weight excluding hydrogens is 324 g/mol. The molecule has 0 bridgehead atoms. The second kappa shape index (κ2) is 11.1. The number of guanidine groups is 1. The Balaban J connectivity index is 1.81. The average Bonchev–Trinajstić information content (AvgIpc) is 2.58. The van der Waals surface area contributed by atoms with Gasteiger partial charge in [0.2, 0.25) is 0 Å². The zero-order valence-corrected chi connectivity index (χ0v) is 17.6. The number of methoxy groups -OCH3 is 1. The van der Waals surface area contributed by atoms with Gasteiger partial charge in [0.25, 0.3) is 0 Å². The van der Waals surface area contributed by atoms with E-state index in [4.69, 9.17) is 9.73 Å². The zero-order chi connectivity index (χ0) is 18.8. The molecule has 1 saturated carbocycles. The van der Waals surface area contributed by atoms with Gasteiger partial charge in [0.05, 0.1) is 0 Å². The van der Waals surface area contributed by atoms with E-state index in [9.17, 15) is 0 Å². The lowest BCUT2D eigenvalue weighted by atomic mass is 9.67. The van der Waals surface area contributed by atoms with E-state index in [1.807, 2.05) is 0 Å². The zero-order valence-electron chi connectivity index (χ0n) is 17.6. The third-order valence-corrected chi connectivity index (χ3v) is 5.95. The number of hydrogen-bond acceptors (Lipinski definition) is 3. The quantitative estimate of drug-likeness (QED) is 0.461. The van der Waals surface area contributed by atoms with E-state index >= 15 is 0 Å². The lowest BCUT2D eigenvalue weighted by molar-refractivity contribution is 0.0778. The Kier molecular flexibility index (Phi) is 9.20. The number of likely N-dealkylation sites (tertiary alicyclic amines) is 1. The van der Waals surface area contributed by atoms with Crippen LogP contribution in [-0.4, -0.2) is 63.8 Å². The number of nitrogens with one attached hydrogen (secondary N) is 2. The molecule has 152 valence electrons. The lowest BCUT2D eigenvalue weighted by Gasteiger charge is -2.41. The fourth-order valence-electron chi connectivity index (χ4n) is 4.31. The van der Waals surface area contributed by atoms with Gasteiger partial charge in [-0.1, -0.05) is 20.3 Å². The summed E-state index contributed by atoms with van der Waals surface area (Å²) in [4.78, 5) is 7.58. The Morgan fingerprint density at radius 1 is 1.27 bits per heavy atom. The molecule has 0 aromatic rings. The summed E-state index contributed by atoms with van der Waals surface area (Å²) < 4.78 is 5.31. The van der Waals surface area contributed by atoms with Crippen LogP contribution in [0.3, 0.4) is 0 Å². The first kappa shape index (κ1) is 21.5. The Bertz CT molecular complexity index is 420. The molecule has 0 radical (unpaired) electrons. The molecule has 1 unspecified atom stereocenters. The van der Waals surface area contributed by atoms with Crippen LogP contribution < -0.4 is 10.6 Å². The summed E-state index contributed by atoms with van der Waals surface area (Å²) in [6.07, 6.45) is 7.74. The van der Waals surface area contributed by atoms with E-state index in [0.29, 0.717) is 5.41 Å². The van der Waals surface area contributed by atoms with Crippen LogP contribution in [0.4, 0.5) is 0 Å². The summed E-state index contributed by atoms with van der Waals surface area (Å²) in [5, 5.41) is 7.06. The monoisotopic (exact) mass is 366 g/mol. The SMILES string of the molecule is CCNC(=NCC1(CCOC)CCC1)NCC1CCCN(CC(C)C)C1. The van der Waals surface area contributed by atoms with Crippen LogP contribution in [0.15, 0.2) is 4.99 Å². The van der Waals surface area contributed by atoms with Gasteiger partial charge in [-0.2, -0.15) is 0 Å². The molecule has 5 heteroatoms. The van der Waals surface area contributed by atoms with E-state index in [1.54, 1.807) is 7.11 Å². The van der Waals surface area contributed by atoms with Gasteiger partial charge in [0.15, 0.2) is 5.96 Å². The van der Waals surface area contributed by atoms with E-state index in [0.717, 1.165) is 50.5 Å². The number of aliphatic imine (C=N–C) groups is 1. The fourth-order valence-corrected chi connectivity index (χ4v) is 4.31. The number of nitrogens with zero attached hydrogens (tertiary/aromatic N) is 2. The van der Waals surface area contributed by atoms with Gasteiger partial charge >= 0.3 is 0 Å². The Morgan fingerprint density at radius 2 is 2.08 bits per heavy atom. The minimum Gasteiger partial charge on any atom is -0.385 e. The van der Waals surface area contributed by atoms with Crippen molar-refractivity contribution >= 4 is 5.96 Å². The van der Waals surface area contributed by atoms with Crippen molar-refractivity contribution in [3.63, 3.8) is 0 Å². The predicted molar refractivity (Wildman–Crippen MR) is 111 cm³/mol. The van der Waals surface area contributed by atoms with Crippen LogP contribution in [0, 0.1) is 17.3 Å². The van der Waals surface area contributed by atoms with Gasteiger partial charge in [-0.15, -0.1) is 0 Å². The molecule has 2 rings (SSSR count). The number of ether oxygens (including phenoxy) is 1. The first-order chi connectivity index (χ1) is 12.6. The first-order valence-corrected chi connectivity index (χ1v) is 10.8. The highest BCUT2D eigenvalue weighted by molar-refractivity contribution is 5.79. The Hall–Kier alpha value is -0.810. The molecule has 0 aromatic heterocycles. The number of piperidine rings is 1. The van der Waals surface area contributed by atoms with Crippen molar-refractivity contribution in [2.24, 2.45) is 22.2 Å². The minimum atomic E-state index is 0.386. The van der Waals surface area contributed by atoms with Crippen molar-refractivity contribution in [3.05, 3.63) is 0 Å². The van der Waals surface area contributed by atoms with Crippen LogP contribution in [0.2, 0.25) is 0 Å². The summed E-state index contributed by atoms with van der Waals surface area (Å²) in [7, 11) is 1.80. The van der Waals surface area contributed by atoms with Crippen molar-refractivity contribution in [3.8, 4) is 0 Å². The molecule has 5 nitrogen and oxygen atoms in total. The summed E-state index contributed by atoms with van der Waals surface area (Å²) >= 11 is 0. The van der Waals surface area contributed by atoms with Crippen molar-refractivity contribution < 1.29 is 4.74 Å². The minimum absolute atomic E-state index is 0.386. The summed E-state index contributed by atoms with van der Waals surface area (Å²) in [5.74, 6) is 2.49. The van der Waals surface area contributed by atoms with E-state index in [2.05, 4.69) is 36.3 Å². The van der Waals surface area contributed by atoms with E-state index < -0.39 is 0 Å². The van der Waals surface area contributed by atoms with Crippen LogP contribution >= 0.6 is 0 Å². The number of rotatable bonds is 10. The van der Waals surface area contributed by atoms with Crippen LogP contribution in [-0.2, 0) is 4.74 Å². The van der Waals surface area contributed by atoms with Crippen molar-refractivity contribution in [2.75, 3.05) is 53.0 Å². The largest absolute Gasteiger partial charge is 0.385 e. The van der Waals surface area contributed by atoms with Gasteiger partial charge < -0.3 is 20.3 Å². The maximum atomic E-state index is 5.31. The van der Waals surface area contributed by atoms with Crippen LogP contribution in [0.25, 0.3) is 0 Å². The van der Waals surface area contributed by atoms with Gasteiger partial charge in [-0.3, -0.25) is 4.99 Å². The molecule has 0 aromatic carbocycles. The Labute approximate surface area is 161 Å². The molecular formula is C21H42N4O. The maximum absolute atomic E-state index is 5.31. The molecule has 2 fully saturated rings. The molecule has 1 aliphatic heterocycles. The van der Waals surface area contributed by atoms with Crippen molar-refractivity contribution in [1.82, 2.24) is 15.5 Å². The molecule has 1 aliphatic carbocycles. The second-order valence-electron chi connectivity index (χ2n) is 8.83. The molecule has 2 aliphatic rings. The number of hydrogen-bond donors (Lipinski definition) is 2. The van der Waals surface area contributed by atoms with E-state index in [1.165, 1.54) is 51.7 Å². The third-order valence-electron chi connectivity index (χ3n) is 5.95. The first-order valence-electron chi connectivity index (χ1n) is 10.8. The normalized spacial score (nSPS) is 23.7. The van der Waals surface area contributed by atoms with Crippen molar-refractivity contribution in [1.29, 1.82) is 0 Å². The van der Waals surface area contributed by atoms with Gasteiger partial charge in [0, 0.05) is 46.4 Å². The highest BCUT2D eigenvalue weighted by Crippen LogP contribution is 2.44. The Morgan fingerprint density at radius 3 is 2.69 bits per heavy atom. The molecule has 1 saturated heterocycles. The molecule has 0 amide bonds. The van der Waals surface area contributed by atoms with Gasteiger partial charge in [0.1, 0.15) is 0 Å². The van der Waals surface area contributed by atoms with E-state index in [-0.39, 0.29) is 0 Å². The highest BCUT2D eigenvalue weighted by atomic mass is 16.5. The maximum Gasteiger partial charge on any atom is 0.191 e. The fraction of sp³-hybridized carbons (Fsp3) is 0.952. The standard InChI is InChI=1S/C21H42N4O/c1-5-22-20(24-17-21(9-7-10-21)11-13-26-4)23-14-19-8-6-12-25(16-19)15-18(2)3/h18-19H,5-17H2,1-4H3,(H2,22,23,24).